The molecular weight excluding hydrogens is 404 g/mol. The van der Waals surface area contributed by atoms with Gasteiger partial charge in [0.15, 0.2) is 0 Å². The van der Waals surface area contributed by atoms with Gasteiger partial charge < -0.3 is 4.90 Å². The molecule has 3 aromatic rings. The molecule has 3 aromatic carbocycles. The van der Waals surface area contributed by atoms with Gasteiger partial charge in [0.1, 0.15) is 0 Å². The van der Waals surface area contributed by atoms with Gasteiger partial charge in [-0.1, -0.05) is 79.7 Å². The van der Waals surface area contributed by atoms with E-state index in [1.165, 1.54) is 16.7 Å². The molecule has 0 saturated carbocycles. The van der Waals surface area contributed by atoms with Crippen LogP contribution in [0.25, 0.3) is 0 Å². The van der Waals surface area contributed by atoms with Gasteiger partial charge in [0.05, 0.1) is 6.04 Å². The Labute approximate surface area is 192 Å². The lowest BCUT2D eigenvalue weighted by atomic mass is 9.91. The van der Waals surface area contributed by atoms with E-state index < -0.39 is 0 Å². The van der Waals surface area contributed by atoms with Crippen LogP contribution in [0.3, 0.4) is 0 Å². The minimum Gasteiger partial charge on any atom is -0.311 e. The number of benzene rings is 3. The average Bonchev–Trinajstić information content (AvgIpc) is 2.82. The van der Waals surface area contributed by atoms with E-state index in [0.29, 0.717) is 13.0 Å². The zero-order chi connectivity index (χ0) is 20.8. The fraction of sp³-hybridized carbons (Fsp3) is 0.296. The summed E-state index contributed by atoms with van der Waals surface area (Å²) in [6, 6.07) is 29.7. The second kappa shape index (κ2) is 11.1. The van der Waals surface area contributed by atoms with Gasteiger partial charge in [0.25, 0.3) is 0 Å². The van der Waals surface area contributed by atoms with E-state index >= 15 is 0 Å². The Balaban J connectivity index is 0.00000272. The van der Waals surface area contributed by atoms with Crippen LogP contribution in [0.5, 0.6) is 0 Å². The molecule has 0 bridgehead atoms. The van der Waals surface area contributed by atoms with Crippen molar-refractivity contribution in [1.29, 1.82) is 0 Å². The molecule has 1 aliphatic rings. The number of para-hydroxylation sites is 1. The molecule has 0 fully saturated rings. The summed E-state index contributed by atoms with van der Waals surface area (Å²) in [5.41, 5.74) is 5.12. The standard InChI is InChI=1S/C27H30N2O.ClH/c1-2-27(30)29(24-14-7-4-8-15-24)21-26-25-16-10-9-13-23(25)18-20-28(26)19-17-22-11-5-3-6-12-22;/h3-16,26H,2,17-21H2,1H3;1H. The van der Waals surface area contributed by atoms with Gasteiger partial charge in [-0.05, 0) is 41.7 Å². The van der Waals surface area contributed by atoms with E-state index in [1.54, 1.807) is 0 Å². The molecule has 0 aromatic heterocycles. The maximum atomic E-state index is 12.9. The van der Waals surface area contributed by atoms with E-state index in [0.717, 1.165) is 31.6 Å². The third kappa shape index (κ3) is 5.55. The highest BCUT2D eigenvalue weighted by Gasteiger charge is 2.30. The van der Waals surface area contributed by atoms with Gasteiger partial charge in [-0.15, -0.1) is 12.4 Å². The van der Waals surface area contributed by atoms with Crippen LogP contribution < -0.4 is 4.90 Å². The number of rotatable bonds is 7. The molecule has 0 aliphatic carbocycles. The average molecular weight is 435 g/mol. The smallest absolute Gasteiger partial charge is 0.226 e. The lowest BCUT2D eigenvalue weighted by molar-refractivity contribution is -0.118. The predicted molar refractivity (Wildman–Crippen MR) is 131 cm³/mol. The molecule has 0 saturated heterocycles. The molecule has 4 rings (SSSR count). The maximum Gasteiger partial charge on any atom is 0.226 e. The van der Waals surface area contributed by atoms with Crippen molar-refractivity contribution in [2.75, 3.05) is 24.5 Å². The molecule has 3 nitrogen and oxygen atoms in total. The maximum absolute atomic E-state index is 12.9. The van der Waals surface area contributed by atoms with E-state index in [4.69, 9.17) is 0 Å². The SMILES string of the molecule is CCC(=O)N(CC1c2ccccc2CCN1CCc1ccccc1)c1ccccc1.Cl. The van der Waals surface area contributed by atoms with Crippen molar-refractivity contribution in [2.45, 2.75) is 32.2 Å². The van der Waals surface area contributed by atoms with Gasteiger partial charge in [-0.3, -0.25) is 9.69 Å². The first kappa shape index (κ1) is 23.1. The third-order valence-electron chi connectivity index (χ3n) is 6.08. The van der Waals surface area contributed by atoms with E-state index in [2.05, 4.69) is 59.5 Å². The summed E-state index contributed by atoms with van der Waals surface area (Å²) in [6.07, 6.45) is 2.59. The van der Waals surface area contributed by atoms with Gasteiger partial charge in [0, 0.05) is 31.7 Å². The van der Waals surface area contributed by atoms with E-state index in [1.807, 2.05) is 42.2 Å². The predicted octanol–water partition coefficient (Wildman–Crippen LogP) is 5.69. The highest BCUT2D eigenvalue weighted by atomic mass is 35.5. The van der Waals surface area contributed by atoms with E-state index in [9.17, 15) is 4.79 Å². The van der Waals surface area contributed by atoms with Crippen LogP contribution in [0.4, 0.5) is 5.69 Å². The monoisotopic (exact) mass is 434 g/mol. The number of anilines is 1. The second-order valence-corrected chi connectivity index (χ2v) is 7.93. The van der Waals surface area contributed by atoms with Crippen molar-refractivity contribution >= 4 is 24.0 Å². The summed E-state index contributed by atoms with van der Waals surface area (Å²) in [6.45, 7) is 4.65. The molecule has 0 radical (unpaired) electrons. The Hall–Kier alpha value is -2.62. The zero-order valence-corrected chi connectivity index (χ0v) is 18.9. The number of amides is 1. The zero-order valence-electron chi connectivity index (χ0n) is 18.1. The van der Waals surface area contributed by atoms with Crippen LogP contribution in [0.2, 0.25) is 0 Å². The minimum atomic E-state index is 0. The van der Waals surface area contributed by atoms with Crippen molar-refractivity contribution in [3.8, 4) is 0 Å². The summed E-state index contributed by atoms with van der Waals surface area (Å²) in [4.78, 5) is 17.4. The highest BCUT2D eigenvalue weighted by Crippen LogP contribution is 2.32. The van der Waals surface area contributed by atoms with Crippen LogP contribution in [0, 0.1) is 0 Å². The summed E-state index contributed by atoms with van der Waals surface area (Å²) < 4.78 is 0. The first-order valence-corrected chi connectivity index (χ1v) is 11.0. The Morgan fingerprint density at radius 3 is 2.29 bits per heavy atom. The fourth-order valence-corrected chi connectivity index (χ4v) is 4.43. The van der Waals surface area contributed by atoms with E-state index in [-0.39, 0.29) is 24.4 Å². The Morgan fingerprint density at radius 2 is 1.58 bits per heavy atom. The molecular formula is C27H31ClN2O. The molecule has 31 heavy (non-hydrogen) atoms. The number of hydrogen-bond donors (Lipinski definition) is 0. The number of carbonyl (C=O) groups excluding carboxylic acids is 1. The Morgan fingerprint density at radius 1 is 0.935 bits per heavy atom. The Kier molecular flexibility index (Phi) is 8.27. The van der Waals surface area contributed by atoms with Gasteiger partial charge in [0.2, 0.25) is 5.91 Å². The molecule has 1 heterocycles. The van der Waals surface area contributed by atoms with Crippen molar-refractivity contribution < 1.29 is 4.79 Å². The summed E-state index contributed by atoms with van der Waals surface area (Å²) >= 11 is 0. The van der Waals surface area contributed by atoms with Gasteiger partial charge in [-0.2, -0.15) is 0 Å². The fourth-order valence-electron chi connectivity index (χ4n) is 4.43. The van der Waals surface area contributed by atoms with Crippen molar-refractivity contribution in [2.24, 2.45) is 0 Å². The minimum absolute atomic E-state index is 0. The quantitative estimate of drug-likeness (QED) is 0.476. The molecule has 162 valence electrons. The number of hydrogen-bond acceptors (Lipinski definition) is 2. The van der Waals surface area contributed by atoms with Crippen molar-refractivity contribution in [3.05, 3.63) is 102 Å². The largest absolute Gasteiger partial charge is 0.311 e. The number of carbonyl (C=O) groups is 1. The van der Waals surface area contributed by atoms with Crippen LogP contribution in [-0.2, 0) is 17.6 Å². The first-order valence-electron chi connectivity index (χ1n) is 11.0. The van der Waals surface area contributed by atoms with Gasteiger partial charge >= 0.3 is 0 Å². The molecule has 1 amide bonds. The lowest BCUT2D eigenvalue weighted by Gasteiger charge is -2.40. The first-order chi connectivity index (χ1) is 14.8. The van der Waals surface area contributed by atoms with Crippen LogP contribution in [-0.4, -0.2) is 30.4 Å². The highest BCUT2D eigenvalue weighted by molar-refractivity contribution is 5.93. The van der Waals surface area contributed by atoms with Crippen molar-refractivity contribution in [1.82, 2.24) is 4.90 Å². The number of halogens is 1. The summed E-state index contributed by atoms with van der Waals surface area (Å²) in [7, 11) is 0. The summed E-state index contributed by atoms with van der Waals surface area (Å²) in [5, 5.41) is 0. The number of fused-ring (bicyclic) bond motifs is 1. The van der Waals surface area contributed by atoms with Crippen LogP contribution in [0.15, 0.2) is 84.9 Å². The van der Waals surface area contributed by atoms with Crippen LogP contribution in [0.1, 0.15) is 36.1 Å². The third-order valence-corrected chi connectivity index (χ3v) is 6.08. The Bertz CT molecular complexity index is 961. The summed E-state index contributed by atoms with van der Waals surface area (Å²) in [5.74, 6) is 0.173. The molecule has 0 spiro atoms. The topological polar surface area (TPSA) is 23.6 Å². The van der Waals surface area contributed by atoms with Crippen LogP contribution >= 0.6 is 12.4 Å². The molecule has 1 aliphatic heterocycles. The van der Waals surface area contributed by atoms with Crippen molar-refractivity contribution in [3.63, 3.8) is 0 Å². The second-order valence-electron chi connectivity index (χ2n) is 7.93. The molecule has 1 unspecified atom stereocenters. The molecule has 1 atom stereocenters. The lowest BCUT2D eigenvalue weighted by Crippen LogP contribution is -2.44. The number of nitrogens with zero attached hydrogens (tertiary/aromatic N) is 2. The normalized spacial score (nSPS) is 15.6. The van der Waals surface area contributed by atoms with Gasteiger partial charge in [-0.25, -0.2) is 0 Å². The molecule has 4 heteroatoms. The molecule has 0 N–H and O–H groups in total.